The van der Waals surface area contributed by atoms with Crippen LogP contribution < -0.4 is 14.8 Å². The van der Waals surface area contributed by atoms with Crippen molar-refractivity contribution in [1.82, 2.24) is 15.5 Å². The molecule has 1 atom stereocenters. The number of aromatic amines is 1. The highest BCUT2D eigenvalue weighted by atomic mass is 35.5. The van der Waals surface area contributed by atoms with Crippen molar-refractivity contribution >= 4 is 29.1 Å². The van der Waals surface area contributed by atoms with Gasteiger partial charge < -0.3 is 14.8 Å². The van der Waals surface area contributed by atoms with Crippen LogP contribution in [0.5, 0.6) is 11.5 Å². The number of H-pyrrole nitrogens is 1. The average molecular weight is 410 g/mol. The molecule has 3 rings (SSSR count). The Kier molecular flexibility index (Phi) is 5.97. The normalized spacial score (nSPS) is 15.8. The number of hydrogen-bond donors (Lipinski definition) is 2. The Hall–Kier alpha value is -2.18. The van der Waals surface area contributed by atoms with Crippen LogP contribution in [0.15, 0.2) is 18.7 Å². The summed E-state index contributed by atoms with van der Waals surface area (Å²) in [7, 11) is 3.13. The van der Waals surface area contributed by atoms with Crippen molar-refractivity contribution in [2.45, 2.75) is 31.7 Å². The Morgan fingerprint density at radius 3 is 2.63 bits per heavy atom. The first-order chi connectivity index (χ1) is 13.0. The zero-order chi connectivity index (χ0) is 19.6. The molecule has 1 heterocycles. The number of methoxy groups -OCH3 is 2. The van der Waals surface area contributed by atoms with Crippen molar-refractivity contribution in [3.05, 3.63) is 51.3 Å². The largest absolute Gasteiger partial charge is 0.495 e. The third-order valence-electron chi connectivity index (χ3n) is 4.86. The highest BCUT2D eigenvalue weighted by Crippen LogP contribution is 2.47. The zero-order valence-electron chi connectivity index (χ0n) is 15.2. The Bertz CT molecular complexity index is 851. The number of rotatable bonds is 6. The standard InChI is InChI=1S/C19H21Cl2N3O3/c1-4-16(25)22-9-13-11-6-5-10(7-12(11)23-24-13)17-18(20)14(26-2)8-15(27-3)19(17)21/h4,8,10H,1,5-7,9H2,2-3H3,(H,22,25)(H,23,24). The van der Waals surface area contributed by atoms with Gasteiger partial charge in [-0.1, -0.05) is 29.8 Å². The summed E-state index contributed by atoms with van der Waals surface area (Å²) in [4.78, 5) is 11.4. The molecule has 1 aromatic carbocycles. The van der Waals surface area contributed by atoms with E-state index in [1.165, 1.54) is 6.08 Å². The maximum absolute atomic E-state index is 11.4. The van der Waals surface area contributed by atoms with Gasteiger partial charge in [0, 0.05) is 17.3 Å². The summed E-state index contributed by atoms with van der Waals surface area (Å²) in [6.07, 6.45) is 3.62. The van der Waals surface area contributed by atoms with Crippen molar-refractivity contribution in [3.8, 4) is 11.5 Å². The quantitative estimate of drug-likeness (QED) is 0.711. The minimum absolute atomic E-state index is 0.109. The first-order valence-electron chi connectivity index (χ1n) is 8.55. The number of ether oxygens (including phenoxy) is 2. The van der Waals surface area contributed by atoms with Gasteiger partial charge in [0.2, 0.25) is 5.91 Å². The van der Waals surface area contributed by atoms with Gasteiger partial charge in [-0.3, -0.25) is 9.89 Å². The van der Waals surface area contributed by atoms with Crippen LogP contribution in [0.2, 0.25) is 10.0 Å². The minimum Gasteiger partial charge on any atom is -0.495 e. The molecular weight excluding hydrogens is 389 g/mol. The second-order valence-electron chi connectivity index (χ2n) is 6.31. The second kappa shape index (κ2) is 8.23. The van der Waals surface area contributed by atoms with E-state index in [9.17, 15) is 4.79 Å². The molecule has 0 bridgehead atoms. The molecule has 6 nitrogen and oxygen atoms in total. The van der Waals surface area contributed by atoms with E-state index < -0.39 is 0 Å². The molecule has 1 unspecified atom stereocenters. The first-order valence-corrected chi connectivity index (χ1v) is 9.30. The van der Waals surface area contributed by atoms with Crippen molar-refractivity contribution < 1.29 is 14.3 Å². The molecule has 0 spiro atoms. The van der Waals surface area contributed by atoms with Crippen LogP contribution in [0.4, 0.5) is 0 Å². The van der Waals surface area contributed by atoms with Crippen LogP contribution in [0.3, 0.4) is 0 Å². The van der Waals surface area contributed by atoms with Gasteiger partial charge in [0.05, 0.1) is 36.5 Å². The van der Waals surface area contributed by atoms with E-state index in [2.05, 4.69) is 22.1 Å². The minimum atomic E-state index is -0.220. The van der Waals surface area contributed by atoms with Crippen LogP contribution in [0, 0.1) is 0 Å². The van der Waals surface area contributed by atoms with Crippen molar-refractivity contribution in [3.63, 3.8) is 0 Å². The maximum atomic E-state index is 11.4. The Morgan fingerprint density at radius 2 is 2.04 bits per heavy atom. The van der Waals surface area contributed by atoms with E-state index >= 15 is 0 Å². The molecule has 1 amide bonds. The topological polar surface area (TPSA) is 76.2 Å². The lowest BCUT2D eigenvalue weighted by Crippen LogP contribution is -2.21. The molecule has 0 fully saturated rings. The van der Waals surface area contributed by atoms with Gasteiger partial charge in [0.15, 0.2) is 0 Å². The highest BCUT2D eigenvalue weighted by Gasteiger charge is 2.30. The van der Waals surface area contributed by atoms with Gasteiger partial charge in [-0.25, -0.2) is 0 Å². The molecule has 144 valence electrons. The van der Waals surface area contributed by atoms with Crippen molar-refractivity contribution in [1.29, 1.82) is 0 Å². The molecule has 1 aromatic heterocycles. The molecule has 1 aliphatic carbocycles. The number of hydrogen-bond acceptors (Lipinski definition) is 4. The molecule has 8 heteroatoms. The van der Waals surface area contributed by atoms with Crippen LogP contribution in [0.1, 0.15) is 34.9 Å². The second-order valence-corrected chi connectivity index (χ2v) is 7.07. The molecule has 2 N–H and O–H groups in total. The van der Waals surface area contributed by atoms with Crippen molar-refractivity contribution in [2.75, 3.05) is 14.2 Å². The average Bonchev–Trinajstić information content (AvgIpc) is 3.08. The van der Waals surface area contributed by atoms with Gasteiger partial charge in [0.1, 0.15) is 11.5 Å². The third-order valence-corrected chi connectivity index (χ3v) is 5.64. The number of aromatic nitrogens is 2. The summed E-state index contributed by atoms with van der Waals surface area (Å²) < 4.78 is 10.7. The maximum Gasteiger partial charge on any atom is 0.243 e. The zero-order valence-corrected chi connectivity index (χ0v) is 16.7. The number of halogens is 2. The van der Waals surface area contributed by atoms with E-state index in [4.69, 9.17) is 32.7 Å². The third kappa shape index (κ3) is 3.77. The SMILES string of the molecule is C=CC(=O)NCc1n[nH]c2c1CCC(c1c(Cl)c(OC)cc(OC)c1Cl)C2. The predicted molar refractivity (Wildman–Crippen MR) is 105 cm³/mol. The number of fused-ring (bicyclic) bond motifs is 1. The van der Waals surface area contributed by atoms with Crippen molar-refractivity contribution in [2.24, 2.45) is 0 Å². The summed E-state index contributed by atoms with van der Waals surface area (Å²) in [5, 5.41) is 11.2. The Labute approximate surface area is 167 Å². The number of carbonyl (C=O) groups is 1. The number of nitrogens with one attached hydrogen (secondary N) is 2. The van der Waals surface area contributed by atoms with Gasteiger partial charge in [-0.05, 0) is 36.8 Å². The number of amides is 1. The number of nitrogens with zero attached hydrogens (tertiary/aromatic N) is 1. The summed E-state index contributed by atoms with van der Waals surface area (Å²) in [5.74, 6) is 0.965. The fourth-order valence-corrected chi connectivity index (χ4v) is 4.28. The van der Waals surface area contributed by atoms with E-state index in [1.54, 1.807) is 20.3 Å². The lowest BCUT2D eigenvalue weighted by Gasteiger charge is -2.26. The summed E-state index contributed by atoms with van der Waals surface area (Å²) in [6.45, 7) is 3.82. The molecule has 0 saturated carbocycles. The molecule has 1 aliphatic rings. The lowest BCUT2D eigenvalue weighted by molar-refractivity contribution is -0.116. The summed E-state index contributed by atoms with van der Waals surface area (Å²) >= 11 is 13.1. The van der Waals surface area contributed by atoms with Crippen LogP contribution in [0.25, 0.3) is 0 Å². The fourth-order valence-electron chi connectivity index (χ4n) is 3.47. The Balaban J connectivity index is 1.88. The van der Waals surface area contributed by atoms with E-state index in [0.717, 1.165) is 35.4 Å². The van der Waals surface area contributed by atoms with E-state index in [-0.39, 0.29) is 11.8 Å². The molecule has 0 saturated heterocycles. The van der Waals surface area contributed by atoms with Crippen LogP contribution in [-0.2, 0) is 24.2 Å². The summed E-state index contributed by atoms with van der Waals surface area (Å²) in [5.41, 5.74) is 3.84. The van der Waals surface area contributed by atoms with Crippen LogP contribution >= 0.6 is 23.2 Å². The van der Waals surface area contributed by atoms with Gasteiger partial charge in [-0.2, -0.15) is 5.10 Å². The lowest BCUT2D eigenvalue weighted by atomic mass is 9.82. The highest BCUT2D eigenvalue weighted by molar-refractivity contribution is 6.38. The molecule has 27 heavy (non-hydrogen) atoms. The van der Waals surface area contributed by atoms with E-state index in [1.807, 2.05) is 0 Å². The first kappa shape index (κ1) is 19.6. The van der Waals surface area contributed by atoms with Gasteiger partial charge >= 0.3 is 0 Å². The van der Waals surface area contributed by atoms with Gasteiger partial charge in [0.25, 0.3) is 0 Å². The number of benzene rings is 1. The summed E-state index contributed by atoms with van der Waals surface area (Å²) in [6, 6.07) is 1.69. The molecule has 0 aliphatic heterocycles. The molecule has 2 aromatic rings. The monoisotopic (exact) mass is 409 g/mol. The molecule has 0 radical (unpaired) electrons. The number of carbonyl (C=O) groups excluding carboxylic acids is 1. The van der Waals surface area contributed by atoms with E-state index in [0.29, 0.717) is 34.5 Å². The molecular formula is C19H21Cl2N3O3. The van der Waals surface area contributed by atoms with Gasteiger partial charge in [-0.15, -0.1) is 0 Å². The smallest absolute Gasteiger partial charge is 0.243 e. The predicted octanol–water partition coefficient (Wildman–Crippen LogP) is 3.81. The van der Waals surface area contributed by atoms with Crippen LogP contribution in [-0.4, -0.2) is 30.3 Å². The fraction of sp³-hybridized carbons (Fsp3) is 0.368. The Morgan fingerprint density at radius 1 is 1.37 bits per heavy atom.